The van der Waals surface area contributed by atoms with E-state index in [1.54, 1.807) is 6.08 Å². The van der Waals surface area contributed by atoms with E-state index in [1.165, 1.54) is 25.7 Å². The minimum atomic E-state index is -1.08. The van der Waals surface area contributed by atoms with Gasteiger partial charge in [0.15, 0.2) is 5.41 Å². The van der Waals surface area contributed by atoms with E-state index in [2.05, 4.69) is 31.7 Å². The van der Waals surface area contributed by atoms with Crippen LogP contribution in [0.4, 0.5) is 0 Å². The lowest BCUT2D eigenvalue weighted by Crippen LogP contribution is -2.27. The van der Waals surface area contributed by atoms with Crippen LogP contribution in [0.15, 0.2) is 12.7 Å². The molecule has 0 amide bonds. The maximum absolute atomic E-state index is 9.35. The summed E-state index contributed by atoms with van der Waals surface area (Å²) in [6.45, 7) is 5.82. The molecule has 1 atom stereocenters. The molecule has 0 aliphatic heterocycles. The molecule has 3 heteroatoms. The van der Waals surface area contributed by atoms with Crippen LogP contribution in [-0.4, -0.2) is 0 Å². The normalized spacial score (nSPS) is 11.9. The third kappa shape index (κ3) is 5.90. The molecule has 0 aromatic heterocycles. The molecule has 0 spiro atoms. The average Bonchev–Trinajstić information content (AvgIpc) is 2.47. The Balaban J connectivity index is 4.48. The van der Waals surface area contributed by atoms with Gasteiger partial charge in [-0.15, -0.1) is 6.58 Å². The highest BCUT2D eigenvalue weighted by molar-refractivity contribution is 5.19. The van der Waals surface area contributed by atoms with Crippen LogP contribution in [0.5, 0.6) is 0 Å². The summed E-state index contributed by atoms with van der Waals surface area (Å²) in [5.41, 5.74) is -1.08. The fourth-order valence-electron chi connectivity index (χ4n) is 2.50. The summed E-state index contributed by atoms with van der Waals surface area (Å²) in [4.78, 5) is 0. The second-order valence-corrected chi connectivity index (χ2v) is 5.30. The van der Waals surface area contributed by atoms with Crippen LogP contribution >= 0.6 is 0 Å². The molecule has 0 rings (SSSR count). The molecule has 0 radical (unpaired) electrons. The van der Waals surface area contributed by atoms with Crippen LogP contribution < -0.4 is 0 Å². The van der Waals surface area contributed by atoms with Crippen molar-refractivity contribution in [2.24, 2.45) is 11.3 Å². The van der Waals surface area contributed by atoms with Crippen LogP contribution in [0.2, 0.25) is 0 Å². The lowest BCUT2D eigenvalue weighted by molar-refractivity contribution is 0.293. The number of nitriles is 3. The second-order valence-electron chi connectivity index (χ2n) is 5.30. The predicted octanol–water partition coefficient (Wildman–Crippen LogP) is 4.88. The van der Waals surface area contributed by atoms with Gasteiger partial charge in [0, 0.05) is 12.3 Å². The van der Waals surface area contributed by atoms with Crippen LogP contribution in [-0.2, 0) is 0 Å². The molecule has 3 nitrogen and oxygen atoms in total. The van der Waals surface area contributed by atoms with Crippen LogP contribution in [0, 0.1) is 45.3 Å². The number of unbranched alkanes of at least 4 members (excludes halogenated alkanes) is 5. The molecular formula is C17H25N3. The Morgan fingerprint density at radius 3 is 2.15 bits per heavy atom. The topological polar surface area (TPSA) is 71.4 Å². The summed E-state index contributed by atoms with van der Waals surface area (Å²) in [5, 5.41) is 27.6. The number of rotatable bonds is 11. The molecule has 0 aromatic rings. The van der Waals surface area contributed by atoms with Crippen molar-refractivity contribution in [1.82, 2.24) is 0 Å². The van der Waals surface area contributed by atoms with Gasteiger partial charge in [-0.3, -0.25) is 0 Å². The van der Waals surface area contributed by atoms with Crippen molar-refractivity contribution >= 4 is 0 Å². The van der Waals surface area contributed by atoms with E-state index in [0.29, 0.717) is 6.42 Å². The number of nitrogens with zero attached hydrogens (tertiary/aromatic N) is 3. The Kier molecular flexibility index (Phi) is 10.1. The van der Waals surface area contributed by atoms with Gasteiger partial charge in [-0.2, -0.15) is 15.8 Å². The first-order chi connectivity index (χ1) is 9.70. The molecule has 1 unspecified atom stereocenters. The van der Waals surface area contributed by atoms with E-state index >= 15 is 0 Å². The van der Waals surface area contributed by atoms with Crippen molar-refractivity contribution < 1.29 is 0 Å². The zero-order valence-electron chi connectivity index (χ0n) is 12.6. The minimum Gasteiger partial charge on any atom is -0.198 e. The van der Waals surface area contributed by atoms with Crippen molar-refractivity contribution in [3.63, 3.8) is 0 Å². The average molecular weight is 271 g/mol. The molecular weight excluding hydrogens is 246 g/mol. The molecule has 108 valence electrons. The summed E-state index contributed by atoms with van der Waals surface area (Å²) in [6.07, 6.45) is 10.0. The van der Waals surface area contributed by atoms with Crippen molar-refractivity contribution in [3.05, 3.63) is 12.7 Å². The Hall–Kier alpha value is -1.79. The van der Waals surface area contributed by atoms with Crippen LogP contribution in [0.3, 0.4) is 0 Å². The first-order valence-electron chi connectivity index (χ1n) is 7.51. The van der Waals surface area contributed by atoms with E-state index in [4.69, 9.17) is 5.26 Å². The molecule has 0 N–H and O–H groups in total. The monoisotopic (exact) mass is 271 g/mol. The lowest BCUT2D eigenvalue weighted by atomic mass is 9.71. The first kappa shape index (κ1) is 18.2. The van der Waals surface area contributed by atoms with E-state index in [-0.39, 0.29) is 12.3 Å². The molecule has 0 saturated carbocycles. The Morgan fingerprint density at radius 2 is 1.65 bits per heavy atom. The molecule has 0 fully saturated rings. The quantitative estimate of drug-likeness (QED) is 0.397. The Morgan fingerprint density at radius 1 is 1.05 bits per heavy atom. The van der Waals surface area contributed by atoms with Gasteiger partial charge in [0.1, 0.15) is 0 Å². The largest absolute Gasteiger partial charge is 0.198 e. The van der Waals surface area contributed by atoms with E-state index in [0.717, 1.165) is 19.3 Å². The summed E-state index contributed by atoms with van der Waals surface area (Å²) in [7, 11) is 0. The minimum absolute atomic E-state index is 0.174. The van der Waals surface area contributed by atoms with Gasteiger partial charge >= 0.3 is 0 Å². The van der Waals surface area contributed by atoms with Crippen molar-refractivity contribution in [1.29, 1.82) is 15.8 Å². The number of hydrogen-bond donors (Lipinski definition) is 0. The molecule has 0 aromatic carbocycles. The highest BCUT2D eigenvalue weighted by Crippen LogP contribution is 2.36. The SMILES string of the molecule is C=CCC(C#N)(C#N)C(CC#N)CCCCCCCC. The zero-order chi connectivity index (χ0) is 15.3. The van der Waals surface area contributed by atoms with Crippen molar-refractivity contribution in [2.75, 3.05) is 0 Å². The third-order valence-electron chi connectivity index (χ3n) is 3.81. The Bertz CT molecular complexity index is 378. The van der Waals surface area contributed by atoms with E-state index in [9.17, 15) is 10.5 Å². The Labute approximate surface area is 123 Å². The fraction of sp³-hybridized carbons (Fsp3) is 0.706. The molecule has 0 aliphatic carbocycles. The highest BCUT2D eigenvalue weighted by atomic mass is 14.5. The van der Waals surface area contributed by atoms with Gasteiger partial charge in [0.25, 0.3) is 0 Å². The van der Waals surface area contributed by atoms with Crippen molar-refractivity contribution in [2.45, 2.75) is 64.7 Å². The summed E-state index contributed by atoms with van der Waals surface area (Å²) in [5.74, 6) is -0.174. The smallest absolute Gasteiger partial charge is 0.151 e. The molecule has 0 heterocycles. The highest BCUT2D eigenvalue weighted by Gasteiger charge is 2.37. The molecule has 0 saturated heterocycles. The fourth-order valence-corrected chi connectivity index (χ4v) is 2.50. The van der Waals surface area contributed by atoms with Crippen molar-refractivity contribution in [3.8, 4) is 18.2 Å². The van der Waals surface area contributed by atoms with Gasteiger partial charge in [0.2, 0.25) is 0 Å². The maximum Gasteiger partial charge on any atom is 0.151 e. The lowest BCUT2D eigenvalue weighted by Gasteiger charge is -2.26. The standard InChI is InChI=1S/C17H25N3/c1-3-5-6-7-8-9-10-16(11-13-18)17(14-19,15-20)12-4-2/h4,16H,2-3,5-12H2,1H3. The summed E-state index contributed by atoms with van der Waals surface area (Å²) >= 11 is 0. The van der Waals surface area contributed by atoms with Crippen LogP contribution in [0.25, 0.3) is 0 Å². The number of hydrogen-bond acceptors (Lipinski definition) is 3. The van der Waals surface area contributed by atoms with Gasteiger partial charge in [-0.05, 0) is 12.8 Å². The van der Waals surface area contributed by atoms with Gasteiger partial charge < -0.3 is 0 Å². The summed E-state index contributed by atoms with van der Waals surface area (Å²) < 4.78 is 0. The van der Waals surface area contributed by atoms with E-state index in [1.807, 2.05) is 0 Å². The zero-order valence-corrected chi connectivity index (χ0v) is 12.6. The van der Waals surface area contributed by atoms with Gasteiger partial charge in [-0.1, -0.05) is 51.5 Å². The first-order valence-corrected chi connectivity index (χ1v) is 7.51. The maximum atomic E-state index is 9.35. The van der Waals surface area contributed by atoms with Crippen LogP contribution in [0.1, 0.15) is 64.7 Å². The van der Waals surface area contributed by atoms with E-state index < -0.39 is 5.41 Å². The molecule has 0 aliphatic rings. The molecule has 20 heavy (non-hydrogen) atoms. The second kappa shape index (κ2) is 11.1. The van der Waals surface area contributed by atoms with Gasteiger partial charge in [0.05, 0.1) is 18.2 Å². The van der Waals surface area contributed by atoms with Gasteiger partial charge in [-0.25, -0.2) is 0 Å². The predicted molar refractivity (Wildman–Crippen MR) is 80.2 cm³/mol. The number of allylic oxidation sites excluding steroid dienone is 1. The third-order valence-corrected chi connectivity index (χ3v) is 3.81. The summed E-state index contributed by atoms with van der Waals surface area (Å²) in [6, 6.07) is 6.38. The molecule has 0 bridgehead atoms.